The van der Waals surface area contributed by atoms with Gasteiger partial charge in [0.1, 0.15) is 0 Å². The molecule has 0 aromatic carbocycles. The molecule has 1 aliphatic heterocycles. The second kappa shape index (κ2) is 4.74. The fourth-order valence-electron chi connectivity index (χ4n) is 1.50. The van der Waals surface area contributed by atoms with Crippen LogP contribution in [0.15, 0.2) is 0 Å². The van der Waals surface area contributed by atoms with Crippen molar-refractivity contribution < 1.29 is 14.3 Å². The minimum atomic E-state index is 0.328. The lowest BCUT2D eigenvalue weighted by molar-refractivity contribution is -0.130. The highest BCUT2D eigenvalue weighted by molar-refractivity contribution is 5.47. The van der Waals surface area contributed by atoms with E-state index in [2.05, 4.69) is 4.74 Å². The van der Waals surface area contributed by atoms with Crippen LogP contribution < -0.4 is 0 Å². The molecule has 1 amide bonds. The summed E-state index contributed by atoms with van der Waals surface area (Å²) in [7, 11) is 0. The molecule has 1 unspecified atom stereocenters. The molecule has 1 aliphatic rings. The van der Waals surface area contributed by atoms with E-state index in [1.165, 1.54) is 0 Å². The Labute approximate surface area is 71.5 Å². The van der Waals surface area contributed by atoms with E-state index in [9.17, 15) is 9.59 Å². The summed E-state index contributed by atoms with van der Waals surface area (Å²) in [5, 5.41) is 0. The van der Waals surface area contributed by atoms with Gasteiger partial charge >= 0.3 is 0 Å². The minimum Gasteiger partial charge on any atom is -0.468 e. The number of amides is 1. The number of carbonyl (C=O) groups excluding carboxylic acids is 2. The zero-order chi connectivity index (χ0) is 8.81. The van der Waals surface area contributed by atoms with Crippen molar-refractivity contribution in [1.82, 2.24) is 4.90 Å². The molecule has 68 valence electrons. The molecule has 1 heterocycles. The Bertz CT molecular complexity index is 160. The minimum absolute atomic E-state index is 0.328. The molecule has 0 bridgehead atoms. The standard InChI is InChI=1S/C8H13NO3/c10-6-9-3-1-2-8(4-9)5-12-7-11/h6-8H,1-5H2. The first-order valence-corrected chi connectivity index (χ1v) is 4.11. The van der Waals surface area contributed by atoms with Gasteiger partial charge in [-0.2, -0.15) is 0 Å². The molecule has 1 saturated heterocycles. The van der Waals surface area contributed by atoms with Gasteiger partial charge in [0.2, 0.25) is 6.41 Å². The zero-order valence-corrected chi connectivity index (χ0v) is 6.94. The lowest BCUT2D eigenvalue weighted by Crippen LogP contribution is -2.36. The first-order chi connectivity index (χ1) is 5.86. The highest BCUT2D eigenvalue weighted by Crippen LogP contribution is 2.14. The summed E-state index contributed by atoms with van der Waals surface area (Å²) in [5.41, 5.74) is 0. The SMILES string of the molecule is O=COCC1CCCN(C=O)C1. The van der Waals surface area contributed by atoms with Crippen LogP contribution >= 0.6 is 0 Å². The molecule has 0 N–H and O–H groups in total. The van der Waals surface area contributed by atoms with Crippen LogP contribution in [0.4, 0.5) is 0 Å². The van der Waals surface area contributed by atoms with Crippen LogP contribution in [0, 0.1) is 5.92 Å². The fourth-order valence-corrected chi connectivity index (χ4v) is 1.50. The van der Waals surface area contributed by atoms with Crippen LogP contribution in [0.5, 0.6) is 0 Å². The number of nitrogens with zero attached hydrogens (tertiary/aromatic N) is 1. The molecule has 12 heavy (non-hydrogen) atoms. The van der Waals surface area contributed by atoms with Crippen molar-refractivity contribution in [3.05, 3.63) is 0 Å². The Kier molecular flexibility index (Phi) is 3.57. The van der Waals surface area contributed by atoms with Gasteiger partial charge in [0.05, 0.1) is 6.61 Å². The molecular weight excluding hydrogens is 158 g/mol. The summed E-state index contributed by atoms with van der Waals surface area (Å²) in [4.78, 5) is 22.0. The van der Waals surface area contributed by atoms with Crippen molar-refractivity contribution >= 4 is 12.9 Å². The van der Waals surface area contributed by atoms with Crippen molar-refractivity contribution in [1.29, 1.82) is 0 Å². The van der Waals surface area contributed by atoms with E-state index in [0.29, 0.717) is 19.0 Å². The molecule has 0 aromatic heterocycles. The summed E-state index contributed by atoms with van der Waals surface area (Å²) >= 11 is 0. The van der Waals surface area contributed by atoms with Gasteiger partial charge in [-0.1, -0.05) is 0 Å². The first-order valence-electron chi connectivity index (χ1n) is 4.11. The number of hydrogen-bond acceptors (Lipinski definition) is 3. The topological polar surface area (TPSA) is 46.6 Å². The summed E-state index contributed by atoms with van der Waals surface area (Å²) in [6.45, 7) is 2.45. The van der Waals surface area contributed by atoms with Gasteiger partial charge in [0.25, 0.3) is 6.47 Å². The Balaban J connectivity index is 2.25. The van der Waals surface area contributed by atoms with E-state index in [-0.39, 0.29) is 0 Å². The number of hydrogen-bond donors (Lipinski definition) is 0. The largest absolute Gasteiger partial charge is 0.468 e. The fraction of sp³-hybridized carbons (Fsp3) is 0.750. The average molecular weight is 171 g/mol. The molecule has 1 fully saturated rings. The molecule has 1 atom stereocenters. The lowest BCUT2D eigenvalue weighted by atomic mass is 10.00. The van der Waals surface area contributed by atoms with E-state index in [1.54, 1.807) is 4.90 Å². The monoisotopic (exact) mass is 171 g/mol. The summed E-state index contributed by atoms with van der Waals surface area (Å²) in [6.07, 6.45) is 2.90. The zero-order valence-electron chi connectivity index (χ0n) is 6.94. The molecule has 1 rings (SSSR count). The maximum Gasteiger partial charge on any atom is 0.293 e. The van der Waals surface area contributed by atoms with Crippen LogP contribution in [0.25, 0.3) is 0 Å². The second-order valence-corrected chi connectivity index (χ2v) is 3.04. The van der Waals surface area contributed by atoms with Gasteiger partial charge in [0, 0.05) is 19.0 Å². The third-order valence-electron chi connectivity index (χ3n) is 2.10. The Morgan fingerprint density at radius 3 is 3.00 bits per heavy atom. The smallest absolute Gasteiger partial charge is 0.293 e. The highest BCUT2D eigenvalue weighted by atomic mass is 16.5. The van der Waals surface area contributed by atoms with Crippen LogP contribution in [0.3, 0.4) is 0 Å². The number of carbonyl (C=O) groups is 2. The predicted molar refractivity (Wildman–Crippen MR) is 42.4 cm³/mol. The summed E-state index contributed by atoms with van der Waals surface area (Å²) in [6, 6.07) is 0. The van der Waals surface area contributed by atoms with Gasteiger partial charge in [-0.25, -0.2) is 0 Å². The van der Waals surface area contributed by atoms with E-state index in [0.717, 1.165) is 32.3 Å². The van der Waals surface area contributed by atoms with Gasteiger partial charge < -0.3 is 9.64 Å². The summed E-state index contributed by atoms with van der Waals surface area (Å²) in [5.74, 6) is 0.328. The quantitative estimate of drug-likeness (QED) is 0.560. The number of piperidine rings is 1. The Morgan fingerprint density at radius 1 is 1.50 bits per heavy atom. The van der Waals surface area contributed by atoms with Gasteiger partial charge in [-0.3, -0.25) is 9.59 Å². The molecule has 0 saturated carbocycles. The van der Waals surface area contributed by atoms with E-state index < -0.39 is 0 Å². The number of rotatable bonds is 4. The lowest BCUT2D eigenvalue weighted by Gasteiger charge is -2.28. The molecular formula is C8H13NO3. The second-order valence-electron chi connectivity index (χ2n) is 3.04. The van der Waals surface area contributed by atoms with Gasteiger partial charge in [-0.15, -0.1) is 0 Å². The van der Waals surface area contributed by atoms with Crippen LogP contribution in [-0.2, 0) is 14.3 Å². The van der Waals surface area contributed by atoms with Crippen molar-refractivity contribution in [3.8, 4) is 0 Å². The molecule has 4 nitrogen and oxygen atoms in total. The third kappa shape index (κ3) is 2.53. The van der Waals surface area contributed by atoms with Crippen molar-refractivity contribution in [2.24, 2.45) is 5.92 Å². The van der Waals surface area contributed by atoms with Gasteiger partial charge in [-0.05, 0) is 12.8 Å². The van der Waals surface area contributed by atoms with Crippen LogP contribution in [-0.4, -0.2) is 37.5 Å². The normalized spacial score (nSPS) is 23.3. The highest BCUT2D eigenvalue weighted by Gasteiger charge is 2.18. The molecule has 0 spiro atoms. The average Bonchev–Trinajstić information content (AvgIpc) is 2.15. The Hall–Kier alpha value is -1.06. The first kappa shape index (κ1) is 9.03. The number of likely N-dealkylation sites (tertiary alicyclic amines) is 1. The van der Waals surface area contributed by atoms with Crippen molar-refractivity contribution in [2.75, 3.05) is 19.7 Å². The third-order valence-corrected chi connectivity index (χ3v) is 2.10. The summed E-state index contributed by atoms with van der Waals surface area (Å²) < 4.78 is 4.64. The van der Waals surface area contributed by atoms with Crippen molar-refractivity contribution in [3.63, 3.8) is 0 Å². The van der Waals surface area contributed by atoms with Crippen LogP contribution in [0.2, 0.25) is 0 Å². The van der Waals surface area contributed by atoms with E-state index in [1.807, 2.05) is 0 Å². The van der Waals surface area contributed by atoms with E-state index >= 15 is 0 Å². The maximum absolute atomic E-state index is 10.4. The number of ether oxygens (including phenoxy) is 1. The Morgan fingerprint density at radius 2 is 2.33 bits per heavy atom. The molecule has 4 heteroatoms. The molecule has 0 aromatic rings. The predicted octanol–water partition coefficient (Wildman–Crippen LogP) is 0.0278. The molecule has 0 radical (unpaired) electrons. The van der Waals surface area contributed by atoms with E-state index in [4.69, 9.17) is 0 Å². The van der Waals surface area contributed by atoms with Gasteiger partial charge in [0.15, 0.2) is 0 Å². The van der Waals surface area contributed by atoms with Crippen molar-refractivity contribution in [2.45, 2.75) is 12.8 Å². The molecule has 0 aliphatic carbocycles. The maximum atomic E-state index is 10.4. The van der Waals surface area contributed by atoms with Crippen LogP contribution in [0.1, 0.15) is 12.8 Å².